The molecular formula is C18H24N2. The van der Waals surface area contributed by atoms with Gasteiger partial charge in [0.05, 0.1) is 0 Å². The van der Waals surface area contributed by atoms with Crippen molar-refractivity contribution < 1.29 is 0 Å². The van der Waals surface area contributed by atoms with Gasteiger partial charge in [-0.15, -0.1) is 0 Å². The molecule has 0 spiro atoms. The molecule has 0 fully saturated rings. The fraction of sp³-hybridized carbons (Fsp3) is 0.444. The van der Waals surface area contributed by atoms with E-state index in [1.807, 2.05) is 6.20 Å². The SMILES string of the molecule is Cc1ccc(C(C)CCc2cccc(C(C)C)n2)nc1. The molecule has 2 aromatic heterocycles. The largest absolute Gasteiger partial charge is 0.261 e. The maximum Gasteiger partial charge on any atom is 0.0432 e. The Morgan fingerprint density at radius 1 is 1.00 bits per heavy atom. The number of nitrogens with zero attached hydrogens (tertiary/aromatic N) is 2. The molecule has 0 aliphatic carbocycles. The first-order valence-corrected chi connectivity index (χ1v) is 7.44. The van der Waals surface area contributed by atoms with Crippen LogP contribution in [0.3, 0.4) is 0 Å². The van der Waals surface area contributed by atoms with Crippen molar-refractivity contribution in [3.05, 3.63) is 59.2 Å². The summed E-state index contributed by atoms with van der Waals surface area (Å²) in [5, 5.41) is 0. The first kappa shape index (κ1) is 14.7. The van der Waals surface area contributed by atoms with Crippen LogP contribution in [-0.2, 0) is 6.42 Å². The fourth-order valence-electron chi connectivity index (χ4n) is 2.24. The van der Waals surface area contributed by atoms with Gasteiger partial charge >= 0.3 is 0 Å². The van der Waals surface area contributed by atoms with Crippen LogP contribution in [0.25, 0.3) is 0 Å². The minimum absolute atomic E-state index is 0.472. The minimum Gasteiger partial charge on any atom is -0.261 e. The molecule has 0 saturated heterocycles. The molecule has 2 heteroatoms. The Hall–Kier alpha value is -1.70. The van der Waals surface area contributed by atoms with Crippen molar-refractivity contribution in [3.63, 3.8) is 0 Å². The summed E-state index contributed by atoms with van der Waals surface area (Å²) < 4.78 is 0. The highest BCUT2D eigenvalue weighted by molar-refractivity contribution is 5.17. The second-order valence-electron chi connectivity index (χ2n) is 5.91. The lowest BCUT2D eigenvalue weighted by Crippen LogP contribution is -2.02. The summed E-state index contributed by atoms with van der Waals surface area (Å²) in [4.78, 5) is 9.25. The third-order valence-electron chi connectivity index (χ3n) is 3.69. The molecule has 0 aliphatic rings. The Balaban J connectivity index is 1.97. The Morgan fingerprint density at radius 3 is 2.45 bits per heavy atom. The Labute approximate surface area is 122 Å². The topological polar surface area (TPSA) is 25.8 Å². The zero-order valence-corrected chi connectivity index (χ0v) is 12.9. The maximum absolute atomic E-state index is 4.73. The molecule has 0 bridgehead atoms. The van der Waals surface area contributed by atoms with E-state index in [2.05, 4.69) is 63.0 Å². The molecule has 0 amide bonds. The predicted molar refractivity (Wildman–Crippen MR) is 84.0 cm³/mol. The van der Waals surface area contributed by atoms with Crippen LogP contribution in [0, 0.1) is 6.92 Å². The normalized spacial score (nSPS) is 12.7. The molecule has 20 heavy (non-hydrogen) atoms. The molecule has 2 rings (SSSR count). The summed E-state index contributed by atoms with van der Waals surface area (Å²) in [7, 11) is 0. The van der Waals surface area contributed by atoms with Crippen molar-refractivity contribution in [1.29, 1.82) is 0 Å². The summed E-state index contributed by atoms with van der Waals surface area (Å²) in [6.45, 7) is 8.68. The van der Waals surface area contributed by atoms with Crippen LogP contribution in [0.5, 0.6) is 0 Å². The second-order valence-corrected chi connectivity index (χ2v) is 5.91. The number of aromatic nitrogens is 2. The van der Waals surface area contributed by atoms with Gasteiger partial charge in [0.1, 0.15) is 0 Å². The summed E-state index contributed by atoms with van der Waals surface area (Å²) >= 11 is 0. The molecule has 0 radical (unpaired) electrons. The van der Waals surface area contributed by atoms with E-state index < -0.39 is 0 Å². The molecule has 0 aromatic carbocycles. The molecule has 0 saturated carbocycles. The molecular weight excluding hydrogens is 244 g/mol. The number of rotatable bonds is 5. The van der Waals surface area contributed by atoms with Crippen LogP contribution in [0.1, 0.15) is 61.7 Å². The van der Waals surface area contributed by atoms with Crippen LogP contribution in [-0.4, -0.2) is 9.97 Å². The summed E-state index contributed by atoms with van der Waals surface area (Å²) in [6, 6.07) is 10.6. The third-order valence-corrected chi connectivity index (χ3v) is 3.69. The minimum atomic E-state index is 0.472. The van der Waals surface area contributed by atoms with Crippen molar-refractivity contribution in [2.24, 2.45) is 0 Å². The van der Waals surface area contributed by atoms with Crippen LogP contribution in [0.15, 0.2) is 36.5 Å². The first-order valence-electron chi connectivity index (χ1n) is 7.44. The molecule has 106 valence electrons. The van der Waals surface area contributed by atoms with Gasteiger partial charge in [-0.1, -0.05) is 32.9 Å². The molecule has 2 heterocycles. The molecule has 0 aliphatic heterocycles. The van der Waals surface area contributed by atoms with Crippen LogP contribution >= 0.6 is 0 Å². The van der Waals surface area contributed by atoms with E-state index >= 15 is 0 Å². The van der Waals surface area contributed by atoms with Gasteiger partial charge in [-0.3, -0.25) is 9.97 Å². The maximum atomic E-state index is 4.73. The van der Waals surface area contributed by atoms with E-state index in [0.717, 1.165) is 12.8 Å². The van der Waals surface area contributed by atoms with Gasteiger partial charge in [0.15, 0.2) is 0 Å². The highest BCUT2D eigenvalue weighted by atomic mass is 14.7. The van der Waals surface area contributed by atoms with Crippen molar-refractivity contribution >= 4 is 0 Å². The predicted octanol–water partition coefficient (Wildman–Crippen LogP) is 4.64. The van der Waals surface area contributed by atoms with E-state index in [4.69, 9.17) is 4.98 Å². The van der Waals surface area contributed by atoms with Gasteiger partial charge in [-0.25, -0.2) is 0 Å². The van der Waals surface area contributed by atoms with E-state index in [0.29, 0.717) is 11.8 Å². The van der Waals surface area contributed by atoms with Gasteiger partial charge < -0.3 is 0 Å². The molecule has 1 atom stereocenters. The van der Waals surface area contributed by atoms with Crippen molar-refractivity contribution in [2.45, 2.75) is 52.4 Å². The van der Waals surface area contributed by atoms with Crippen LogP contribution in [0.4, 0.5) is 0 Å². The highest BCUT2D eigenvalue weighted by Crippen LogP contribution is 2.20. The molecule has 2 nitrogen and oxygen atoms in total. The molecule has 0 N–H and O–H groups in total. The standard InChI is InChI=1S/C18H24N2/c1-13(2)17-7-5-6-16(20-17)10-9-15(4)18-11-8-14(3)12-19-18/h5-8,11-13,15H,9-10H2,1-4H3. The van der Waals surface area contributed by atoms with Crippen LogP contribution < -0.4 is 0 Å². The molecule has 2 aromatic rings. The van der Waals surface area contributed by atoms with E-state index in [9.17, 15) is 0 Å². The smallest absolute Gasteiger partial charge is 0.0432 e. The number of hydrogen-bond acceptors (Lipinski definition) is 2. The Morgan fingerprint density at radius 2 is 1.80 bits per heavy atom. The van der Waals surface area contributed by atoms with Crippen LogP contribution in [0.2, 0.25) is 0 Å². The lowest BCUT2D eigenvalue weighted by molar-refractivity contribution is 0.649. The van der Waals surface area contributed by atoms with E-state index in [1.165, 1.54) is 22.6 Å². The van der Waals surface area contributed by atoms with Gasteiger partial charge in [-0.2, -0.15) is 0 Å². The van der Waals surface area contributed by atoms with Gasteiger partial charge in [0, 0.05) is 23.3 Å². The molecule has 1 unspecified atom stereocenters. The van der Waals surface area contributed by atoms with Crippen molar-refractivity contribution in [3.8, 4) is 0 Å². The van der Waals surface area contributed by atoms with Crippen molar-refractivity contribution in [1.82, 2.24) is 9.97 Å². The average Bonchev–Trinajstić information content (AvgIpc) is 2.46. The number of pyridine rings is 2. The highest BCUT2D eigenvalue weighted by Gasteiger charge is 2.08. The lowest BCUT2D eigenvalue weighted by atomic mass is 9.99. The quantitative estimate of drug-likeness (QED) is 0.789. The average molecular weight is 268 g/mol. The van der Waals surface area contributed by atoms with E-state index in [1.54, 1.807) is 0 Å². The lowest BCUT2D eigenvalue weighted by Gasteiger charge is -2.12. The zero-order chi connectivity index (χ0) is 14.5. The fourth-order valence-corrected chi connectivity index (χ4v) is 2.24. The van der Waals surface area contributed by atoms with Crippen molar-refractivity contribution in [2.75, 3.05) is 0 Å². The number of aryl methyl sites for hydroxylation is 2. The van der Waals surface area contributed by atoms with Gasteiger partial charge in [0.25, 0.3) is 0 Å². The number of hydrogen-bond donors (Lipinski definition) is 0. The summed E-state index contributed by atoms with van der Waals surface area (Å²) in [5.74, 6) is 0.964. The Bertz CT molecular complexity index is 544. The van der Waals surface area contributed by atoms with E-state index in [-0.39, 0.29) is 0 Å². The summed E-state index contributed by atoms with van der Waals surface area (Å²) in [5.41, 5.74) is 4.77. The monoisotopic (exact) mass is 268 g/mol. The Kier molecular flexibility index (Phi) is 4.89. The van der Waals surface area contributed by atoms with Gasteiger partial charge in [0.2, 0.25) is 0 Å². The third kappa shape index (κ3) is 3.89. The second kappa shape index (κ2) is 6.65. The van der Waals surface area contributed by atoms with Gasteiger partial charge in [-0.05, 0) is 55.4 Å². The zero-order valence-electron chi connectivity index (χ0n) is 12.9. The summed E-state index contributed by atoms with van der Waals surface area (Å²) in [6.07, 6.45) is 4.05. The first-order chi connectivity index (χ1) is 9.56.